The molecule has 3 aromatic rings. The molecule has 0 spiro atoms. The SMILES string of the molecule is CCc1nc2c(nc1NC(=O)c1ccccc1)c(OCC(F)(F)F)c(C(=O)NC1CCN(C(=O)CO)CC1)n2C. The van der Waals surface area contributed by atoms with Gasteiger partial charge in [-0.25, -0.2) is 9.97 Å². The van der Waals surface area contributed by atoms with Crippen molar-refractivity contribution in [3.8, 4) is 5.75 Å². The molecule has 1 fully saturated rings. The van der Waals surface area contributed by atoms with Gasteiger partial charge in [-0.05, 0) is 31.4 Å². The van der Waals surface area contributed by atoms with E-state index in [2.05, 4.69) is 20.6 Å². The molecule has 0 saturated carbocycles. The molecule has 40 heavy (non-hydrogen) atoms. The first-order valence-corrected chi connectivity index (χ1v) is 12.7. The van der Waals surface area contributed by atoms with Crippen LogP contribution in [0.5, 0.6) is 5.75 Å². The van der Waals surface area contributed by atoms with E-state index in [0.717, 1.165) is 0 Å². The zero-order valence-electron chi connectivity index (χ0n) is 21.9. The number of rotatable bonds is 8. The number of aryl methyl sites for hydroxylation is 2. The maximum atomic E-state index is 13.4. The molecule has 1 aliphatic rings. The molecule has 3 heterocycles. The van der Waals surface area contributed by atoms with Gasteiger partial charge in [0.1, 0.15) is 6.61 Å². The lowest BCUT2D eigenvalue weighted by molar-refractivity contribution is -0.153. The molecule has 1 aromatic carbocycles. The number of carbonyl (C=O) groups is 3. The standard InChI is InChI=1S/C26H29F3N6O5/c1-3-17-22(33-24(38)15-7-5-4-6-8-15)32-19-21(40-14-26(27,28)29)20(34(2)23(19)31-17)25(39)30-16-9-11-35(12-10-16)18(37)13-36/h4-8,16,36H,3,9-14H2,1-2H3,(H,30,39)(H,32,33,38). The monoisotopic (exact) mass is 562 g/mol. The first-order chi connectivity index (χ1) is 19.0. The number of amides is 3. The largest absolute Gasteiger partial charge is 0.479 e. The molecule has 0 aliphatic carbocycles. The van der Waals surface area contributed by atoms with Gasteiger partial charge in [0.15, 0.2) is 35.0 Å². The Morgan fingerprint density at radius 3 is 2.38 bits per heavy atom. The molecule has 14 heteroatoms. The number of alkyl halides is 3. The molecule has 2 aromatic heterocycles. The number of carbonyl (C=O) groups excluding carboxylic acids is 3. The van der Waals surface area contributed by atoms with E-state index in [1.807, 2.05) is 0 Å². The minimum absolute atomic E-state index is 0.0409. The van der Waals surface area contributed by atoms with E-state index >= 15 is 0 Å². The molecule has 3 amide bonds. The predicted molar refractivity (Wildman–Crippen MR) is 138 cm³/mol. The lowest BCUT2D eigenvalue weighted by atomic mass is 10.0. The highest BCUT2D eigenvalue weighted by Crippen LogP contribution is 2.34. The van der Waals surface area contributed by atoms with E-state index in [-0.39, 0.29) is 28.7 Å². The van der Waals surface area contributed by atoms with Crippen LogP contribution in [0, 0.1) is 0 Å². The van der Waals surface area contributed by atoms with E-state index in [4.69, 9.17) is 9.84 Å². The Morgan fingerprint density at radius 1 is 1.10 bits per heavy atom. The van der Waals surface area contributed by atoms with Gasteiger partial charge < -0.3 is 29.9 Å². The molecule has 0 atom stereocenters. The maximum absolute atomic E-state index is 13.4. The van der Waals surface area contributed by atoms with E-state index in [1.165, 1.54) is 16.5 Å². The second-order valence-corrected chi connectivity index (χ2v) is 9.29. The summed E-state index contributed by atoms with van der Waals surface area (Å²) in [6.45, 7) is 0.117. The third-order valence-electron chi connectivity index (χ3n) is 6.55. The maximum Gasteiger partial charge on any atom is 0.422 e. The summed E-state index contributed by atoms with van der Waals surface area (Å²) in [5.41, 5.74) is 0.510. The molecule has 0 unspecified atom stereocenters. The van der Waals surface area contributed by atoms with Gasteiger partial charge in [-0.1, -0.05) is 25.1 Å². The number of hydrogen-bond donors (Lipinski definition) is 3. The van der Waals surface area contributed by atoms with Crippen LogP contribution < -0.4 is 15.4 Å². The number of piperidine rings is 1. The molecule has 11 nitrogen and oxygen atoms in total. The predicted octanol–water partition coefficient (Wildman–Crippen LogP) is 2.44. The molecule has 0 bridgehead atoms. The zero-order valence-corrected chi connectivity index (χ0v) is 21.9. The molecular formula is C26H29F3N6O5. The van der Waals surface area contributed by atoms with Crippen LogP contribution in [-0.4, -0.2) is 80.8 Å². The fourth-order valence-electron chi connectivity index (χ4n) is 4.51. The number of anilines is 1. The smallest absolute Gasteiger partial charge is 0.422 e. The van der Waals surface area contributed by atoms with Gasteiger partial charge in [0, 0.05) is 31.7 Å². The number of nitrogens with one attached hydrogen (secondary N) is 2. The summed E-state index contributed by atoms with van der Waals surface area (Å²) >= 11 is 0. The fraction of sp³-hybridized carbons (Fsp3) is 0.423. The van der Waals surface area contributed by atoms with Crippen LogP contribution in [0.15, 0.2) is 30.3 Å². The van der Waals surface area contributed by atoms with Crippen molar-refractivity contribution in [1.82, 2.24) is 24.8 Å². The minimum Gasteiger partial charge on any atom is -0.479 e. The quantitative estimate of drug-likeness (QED) is 0.383. The Hall–Kier alpha value is -4.20. The second kappa shape index (κ2) is 11.9. The number of halogens is 3. The lowest BCUT2D eigenvalue weighted by Gasteiger charge is -2.32. The second-order valence-electron chi connectivity index (χ2n) is 9.29. The molecule has 1 saturated heterocycles. The first-order valence-electron chi connectivity index (χ1n) is 12.7. The van der Waals surface area contributed by atoms with Crippen molar-refractivity contribution in [1.29, 1.82) is 0 Å². The summed E-state index contributed by atoms with van der Waals surface area (Å²) in [5, 5.41) is 14.5. The van der Waals surface area contributed by atoms with Gasteiger partial charge in [0.2, 0.25) is 5.91 Å². The summed E-state index contributed by atoms with van der Waals surface area (Å²) in [5.74, 6) is -1.97. The van der Waals surface area contributed by atoms with Crippen LogP contribution in [0.3, 0.4) is 0 Å². The molecule has 4 rings (SSSR count). The van der Waals surface area contributed by atoms with Crippen molar-refractivity contribution in [3.05, 3.63) is 47.3 Å². The van der Waals surface area contributed by atoms with Crippen LogP contribution in [0.4, 0.5) is 19.0 Å². The van der Waals surface area contributed by atoms with Crippen LogP contribution in [0.2, 0.25) is 0 Å². The Kier molecular flexibility index (Phi) is 8.57. The summed E-state index contributed by atoms with van der Waals surface area (Å²) in [6.07, 6.45) is -3.56. The average Bonchev–Trinajstić information content (AvgIpc) is 3.21. The highest BCUT2D eigenvalue weighted by Gasteiger charge is 2.34. The highest BCUT2D eigenvalue weighted by molar-refractivity contribution is 6.05. The molecule has 0 radical (unpaired) electrons. The summed E-state index contributed by atoms with van der Waals surface area (Å²) < 4.78 is 45.9. The van der Waals surface area contributed by atoms with Crippen LogP contribution in [-0.2, 0) is 18.3 Å². The first kappa shape index (κ1) is 28.8. The van der Waals surface area contributed by atoms with Gasteiger partial charge in [-0.2, -0.15) is 13.2 Å². The summed E-state index contributed by atoms with van der Waals surface area (Å²) in [4.78, 5) is 48.3. The molecule has 3 N–H and O–H groups in total. The normalized spacial score (nSPS) is 14.3. The number of likely N-dealkylation sites (tertiary alicyclic amines) is 1. The average molecular weight is 563 g/mol. The minimum atomic E-state index is -4.69. The number of fused-ring (bicyclic) bond motifs is 1. The van der Waals surface area contributed by atoms with Crippen molar-refractivity contribution in [2.75, 3.05) is 31.6 Å². The molecule has 214 valence electrons. The van der Waals surface area contributed by atoms with E-state index in [0.29, 0.717) is 43.6 Å². The van der Waals surface area contributed by atoms with Crippen molar-refractivity contribution in [2.45, 2.75) is 38.4 Å². The number of aromatic nitrogens is 3. The van der Waals surface area contributed by atoms with E-state index in [1.54, 1.807) is 37.3 Å². The van der Waals surface area contributed by atoms with Gasteiger partial charge >= 0.3 is 6.18 Å². The Balaban J connectivity index is 1.69. The Bertz CT molecular complexity index is 1400. The van der Waals surface area contributed by atoms with Crippen molar-refractivity contribution in [3.63, 3.8) is 0 Å². The third-order valence-corrected chi connectivity index (χ3v) is 6.55. The Labute approximate surface area is 227 Å². The zero-order chi connectivity index (χ0) is 29.0. The van der Waals surface area contributed by atoms with Crippen LogP contribution >= 0.6 is 0 Å². The van der Waals surface area contributed by atoms with Gasteiger partial charge in [-0.15, -0.1) is 0 Å². The number of nitrogens with zero attached hydrogens (tertiary/aromatic N) is 4. The lowest BCUT2D eigenvalue weighted by Crippen LogP contribution is -2.47. The number of ether oxygens (including phenoxy) is 1. The fourth-order valence-corrected chi connectivity index (χ4v) is 4.51. The van der Waals surface area contributed by atoms with E-state index in [9.17, 15) is 27.6 Å². The number of aliphatic hydroxyl groups excluding tert-OH is 1. The van der Waals surface area contributed by atoms with Crippen LogP contribution in [0.1, 0.15) is 46.3 Å². The molecule has 1 aliphatic heterocycles. The number of hydrogen-bond acceptors (Lipinski definition) is 7. The number of benzene rings is 1. The highest BCUT2D eigenvalue weighted by atomic mass is 19.4. The molecular weight excluding hydrogens is 533 g/mol. The van der Waals surface area contributed by atoms with Gasteiger partial charge in [-0.3, -0.25) is 14.4 Å². The van der Waals surface area contributed by atoms with Crippen molar-refractivity contribution < 1.29 is 37.4 Å². The van der Waals surface area contributed by atoms with Gasteiger partial charge in [0.25, 0.3) is 11.8 Å². The summed E-state index contributed by atoms with van der Waals surface area (Å²) in [6, 6.07) is 7.95. The number of aliphatic hydroxyl groups is 1. The van der Waals surface area contributed by atoms with Gasteiger partial charge in [0.05, 0.1) is 5.69 Å². The third kappa shape index (κ3) is 6.33. The van der Waals surface area contributed by atoms with E-state index < -0.39 is 42.9 Å². The van der Waals surface area contributed by atoms with Crippen molar-refractivity contribution >= 4 is 34.7 Å². The Morgan fingerprint density at radius 2 is 1.77 bits per heavy atom. The van der Waals surface area contributed by atoms with Crippen LogP contribution in [0.25, 0.3) is 11.2 Å². The summed E-state index contributed by atoms with van der Waals surface area (Å²) in [7, 11) is 1.47. The van der Waals surface area contributed by atoms with Crippen molar-refractivity contribution in [2.24, 2.45) is 7.05 Å². The topological polar surface area (TPSA) is 139 Å².